The zero-order valence-electron chi connectivity index (χ0n) is 6.97. The lowest BCUT2D eigenvalue weighted by atomic mass is 10.3. The minimum absolute atomic E-state index is 0.468. The molecule has 1 heterocycles. The van der Waals surface area contributed by atoms with Crippen molar-refractivity contribution in [3.8, 4) is 0 Å². The molecule has 0 aromatic heterocycles. The molecule has 4 heteroatoms. The Morgan fingerprint density at radius 3 is 3.15 bits per heavy atom. The lowest BCUT2D eigenvalue weighted by molar-refractivity contribution is -0.112. The Morgan fingerprint density at radius 1 is 1.46 bits per heavy atom. The summed E-state index contributed by atoms with van der Waals surface area (Å²) in [6.45, 7) is 0.468. The number of hydrogen-bond donors (Lipinski definition) is 1. The first-order chi connectivity index (χ1) is 6.40. The third-order valence-electron chi connectivity index (χ3n) is 1.84. The van der Waals surface area contributed by atoms with Crippen LogP contribution in [0.15, 0.2) is 29.3 Å². The normalized spacial score (nSPS) is 13.7. The van der Waals surface area contributed by atoms with Gasteiger partial charge in [0.15, 0.2) is 0 Å². The highest BCUT2D eigenvalue weighted by Crippen LogP contribution is 1.86. The van der Waals surface area contributed by atoms with Crippen LogP contribution in [0.5, 0.6) is 0 Å². The summed E-state index contributed by atoms with van der Waals surface area (Å²) in [6, 6.07) is 7.79. The molecule has 0 saturated heterocycles. The molecule has 0 spiro atoms. The van der Waals surface area contributed by atoms with Crippen LogP contribution in [0.1, 0.15) is 0 Å². The van der Waals surface area contributed by atoms with E-state index >= 15 is 0 Å². The molecule has 1 aromatic carbocycles. The molecule has 0 radical (unpaired) electrons. The van der Waals surface area contributed by atoms with Crippen LogP contribution >= 0.6 is 0 Å². The van der Waals surface area contributed by atoms with Gasteiger partial charge in [0, 0.05) is 11.4 Å². The van der Waals surface area contributed by atoms with Crippen molar-refractivity contribution in [1.29, 1.82) is 0 Å². The van der Waals surface area contributed by atoms with Crippen LogP contribution in [-0.4, -0.2) is 18.1 Å². The molecule has 2 rings (SSSR count). The molecule has 1 aliphatic heterocycles. The SMILES string of the molecule is O=CNN1C=c2ccccc2=NC1. The molecule has 66 valence electrons. The second-order valence-corrected chi connectivity index (χ2v) is 2.70. The lowest BCUT2D eigenvalue weighted by Gasteiger charge is -2.18. The van der Waals surface area contributed by atoms with Crippen molar-refractivity contribution in [2.24, 2.45) is 4.99 Å². The number of nitrogens with one attached hydrogen (secondary N) is 1. The van der Waals surface area contributed by atoms with Crippen LogP contribution in [0.25, 0.3) is 6.20 Å². The molecule has 0 unspecified atom stereocenters. The molecule has 1 N–H and O–H groups in total. The maximum Gasteiger partial charge on any atom is 0.225 e. The van der Waals surface area contributed by atoms with Crippen LogP contribution in [0.2, 0.25) is 0 Å². The zero-order chi connectivity index (χ0) is 9.10. The van der Waals surface area contributed by atoms with Crippen molar-refractivity contribution in [3.05, 3.63) is 34.8 Å². The highest BCUT2D eigenvalue weighted by atomic mass is 16.1. The predicted octanol–water partition coefficient (Wildman–Crippen LogP) is -1.02. The van der Waals surface area contributed by atoms with Crippen molar-refractivity contribution in [2.45, 2.75) is 0 Å². The van der Waals surface area contributed by atoms with Gasteiger partial charge in [-0.05, 0) is 6.07 Å². The van der Waals surface area contributed by atoms with Crippen LogP contribution in [0, 0.1) is 0 Å². The average Bonchev–Trinajstić information content (AvgIpc) is 2.18. The molecule has 0 aliphatic carbocycles. The fourth-order valence-electron chi connectivity index (χ4n) is 1.25. The first kappa shape index (κ1) is 7.79. The first-order valence-corrected chi connectivity index (χ1v) is 3.98. The topological polar surface area (TPSA) is 44.7 Å². The summed E-state index contributed by atoms with van der Waals surface area (Å²) in [7, 11) is 0. The monoisotopic (exact) mass is 175 g/mol. The number of hydrazine groups is 1. The van der Waals surface area contributed by atoms with E-state index in [-0.39, 0.29) is 0 Å². The number of carbonyl (C=O) groups excluding carboxylic acids is 1. The van der Waals surface area contributed by atoms with E-state index in [0.29, 0.717) is 13.1 Å². The fourth-order valence-corrected chi connectivity index (χ4v) is 1.25. The van der Waals surface area contributed by atoms with Gasteiger partial charge in [0.25, 0.3) is 0 Å². The smallest absolute Gasteiger partial charge is 0.225 e. The summed E-state index contributed by atoms with van der Waals surface area (Å²) in [5, 5.41) is 3.62. The molecule has 0 bridgehead atoms. The van der Waals surface area contributed by atoms with Crippen LogP contribution in [0.4, 0.5) is 0 Å². The van der Waals surface area contributed by atoms with Gasteiger partial charge in [-0.25, -0.2) is 0 Å². The van der Waals surface area contributed by atoms with Crippen molar-refractivity contribution in [3.63, 3.8) is 0 Å². The summed E-state index contributed by atoms with van der Waals surface area (Å²) in [5.41, 5.74) is 2.53. The number of para-hydroxylation sites is 1. The van der Waals surface area contributed by atoms with Crippen LogP contribution < -0.4 is 16.0 Å². The Bertz CT molecular complexity index is 427. The Balaban J connectivity index is 2.43. The van der Waals surface area contributed by atoms with E-state index in [2.05, 4.69) is 10.4 Å². The van der Waals surface area contributed by atoms with E-state index in [1.807, 2.05) is 30.5 Å². The zero-order valence-corrected chi connectivity index (χ0v) is 6.97. The van der Waals surface area contributed by atoms with Gasteiger partial charge in [0.1, 0.15) is 6.67 Å². The van der Waals surface area contributed by atoms with Gasteiger partial charge in [-0.3, -0.25) is 20.2 Å². The van der Waals surface area contributed by atoms with Gasteiger partial charge in [0.05, 0.1) is 5.36 Å². The molecular formula is C9H9N3O. The van der Waals surface area contributed by atoms with Gasteiger partial charge in [-0.15, -0.1) is 0 Å². The number of rotatable bonds is 2. The molecule has 4 nitrogen and oxygen atoms in total. The summed E-state index contributed by atoms with van der Waals surface area (Å²) in [5.74, 6) is 0. The van der Waals surface area contributed by atoms with Crippen molar-refractivity contribution in [2.75, 3.05) is 6.67 Å². The van der Waals surface area contributed by atoms with Gasteiger partial charge in [-0.1, -0.05) is 18.2 Å². The third kappa shape index (κ3) is 1.51. The van der Waals surface area contributed by atoms with Gasteiger partial charge in [0.2, 0.25) is 6.41 Å². The molecule has 0 fully saturated rings. The number of carbonyl (C=O) groups is 1. The third-order valence-corrected chi connectivity index (χ3v) is 1.84. The van der Waals surface area contributed by atoms with Crippen LogP contribution in [-0.2, 0) is 4.79 Å². The number of nitrogens with zero attached hydrogens (tertiary/aromatic N) is 2. The molecule has 1 aliphatic rings. The highest BCUT2D eigenvalue weighted by molar-refractivity contribution is 5.46. The predicted molar refractivity (Wildman–Crippen MR) is 47.6 cm³/mol. The summed E-state index contributed by atoms with van der Waals surface area (Å²) >= 11 is 0. The second-order valence-electron chi connectivity index (χ2n) is 2.70. The van der Waals surface area contributed by atoms with E-state index in [0.717, 1.165) is 10.6 Å². The number of hydrogen-bond acceptors (Lipinski definition) is 3. The number of fused-ring (bicyclic) bond motifs is 1. The Kier molecular flexibility index (Phi) is 1.96. The standard InChI is InChI=1S/C9H9N3O/c13-7-11-12-5-8-3-1-2-4-9(8)10-6-12/h1-5,7H,6H2,(H,11,13). The van der Waals surface area contributed by atoms with E-state index in [1.54, 1.807) is 5.01 Å². The van der Waals surface area contributed by atoms with Crippen molar-refractivity contribution < 1.29 is 4.79 Å². The summed E-state index contributed by atoms with van der Waals surface area (Å²) < 4.78 is 0. The maximum atomic E-state index is 10.2. The fraction of sp³-hybridized carbons (Fsp3) is 0.111. The van der Waals surface area contributed by atoms with E-state index in [9.17, 15) is 4.79 Å². The maximum absolute atomic E-state index is 10.2. The van der Waals surface area contributed by atoms with Gasteiger partial charge < -0.3 is 0 Å². The minimum atomic E-state index is 0.468. The van der Waals surface area contributed by atoms with Gasteiger partial charge in [-0.2, -0.15) is 0 Å². The molecule has 13 heavy (non-hydrogen) atoms. The average molecular weight is 175 g/mol. The Labute approximate surface area is 75.2 Å². The van der Waals surface area contributed by atoms with Gasteiger partial charge >= 0.3 is 0 Å². The molecule has 0 saturated carbocycles. The molecule has 1 amide bonds. The quantitative estimate of drug-likeness (QED) is 0.585. The second kappa shape index (κ2) is 3.26. The largest absolute Gasteiger partial charge is 0.277 e. The molecular weight excluding hydrogens is 166 g/mol. The van der Waals surface area contributed by atoms with Crippen molar-refractivity contribution >= 4 is 12.6 Å². The number of amides is 1. The first-order valence-electron chi connectivity index (χ1n) is 3.98. The molecule has 1 aromatic rings. The summed E-state index contributed by atoms with van der Waals surface area (Å²) in [6.07, 6.45) is 2.50. The lowest BCUT2D eigenvalue weighted by Crippen LogP contribution is -2.41. The Hall–Kier alpha value is -1.84. The highest BCUT2D eigenvalue weighted by Gasteiger charge is 2.00. The van der Waals surface area contributed by atoms with E-state index in [4.69, 9.17) is 0 Å². The number of benzene rings is 1. The minimum Gasteiger partial charge on any atom is -0.277 e. The van der Waals surface area contributed by atoms with E-state index < -0.39 is 0 Å². The van der Waals surface area contributed by atoms with E-state index in [1.165, 1.54) is 0 Å². The summed E-state index contributed by atoms with van der Waals surface area (Å²) in [4.78, 5) is 14.4. The molecule has 0 atom stereocenters. The Morgan fingerprint density at radius 2 is 2.31 bits per heavy atom. The van der Waals surface area contributed by atoms with Crippen LogP contribution in [0.3, 0.4) is 0 Å². The van der Waals surface area contributed by atoms with Crippen molar-refractivity contribution in [1.82, 2.24) is 10.4 Å².